The lowest BCUT2D eigenvalue weighted by Gasteiger charge is -2.19. The normalized spacial score (nSPS) is 13.1. The van der Waals surface area contributed by atoms with Crippen LogP contribution in [0.1, 0.15) is 11.1 Å². The topological polar surface area (TPSA) is 60.5 Å². The fourth-order valence-corrected chi connectivity index (χ4v) is 3.67. The first-order chi connectivity index (χ1) is 15.3. The molecule has 5 nitrogen and oxygen atoms in total. The monoisotopic (exact) mass is 408 g/mol. The van der Waals surface area contributed by atoms with E-state index in [0.29, 0.717) is 30.4 Å². The van der Waals surface area contributed by atoms with Gasteiger partial charge in [-0.1, -0.05) is 54.6 Å². The van der Waals surface area contributed by atoms with Crippen LogP contribution in [-0.4, -0.2) is 24.1 Å². The average molecular weight is 408 g/mol. The molecule has 5 rings (SSSR count). The number of carbonyl (C=O) groups is 1. The molecular weight excluding hydrogens is 388 g/mol. The molecule has 1 aromatic heterocycles. The number of hydrogen-bond acceptors (Lipinski definition) is 4. The molecule has 0 aliphatic carbocycles. The van der Waals surface area contributed by atoms with Gasteiger partial charge in [-0.05, 0) is 41.0 Å². The lowest BCUT2D eigenvalue weighted by Crippen LogP contribution is -2.15. The number of nitrogens with zero attached hydrogens (tertiary/aromatic N) is 1. The fourth-order valence-electron chi connectivity index (χ4n) is 3.67. The highest BCUT2D eigenvalue weighted by Gasteiger charge is 2.15. The molecule has 1 aliphatic rings. The molecule has 0 saturated heterocycles. The second-order valence-electron chi connectivity index (χ2n) is 7.15. The Morgan fingerprint density at radius 2 is 1.65 bits per heavy atom. The van der Waals surface area contributed by atoms with Crippen molar-refractivity contribution < 1.29 is 14.3 Å². The maximum atomic E-state index is 13.0. The Morgan fingerprint density at radius 1 is 0.839 bits per heavy atom. The Labute approximate surface area is 180 Å². The number of amides is 1. The Morgan fingerprint density at radius 3 is 2.52 bits per heavy atom. The van der Waals surface area contributed by atoms with Crippen molar-refractivity contribution in [1.82, 2.24) is 4.98 Å². The van der Waals surface area contributed by atoms with Crippen molar-refractivity contribution in [1.29, 1.82) is 0 Å². The van der Waals surface area contributed by atoms with E-state index < -0.39 is 0 Å². The first-order valence-corrected chi connectivity index (χ1v) is 10.1. The van der Waals surface area contributed by atoms with E-state index in [1.807, 2.05) is 78.9 Å². The third kappa shape index (κ3) is 3.98. The second-order valence-corrected chi connectivity index (χ2v) is 7.15. The summed E-state index contributed by atoms with van der Waals surface area (Å²) in [6, 6.07) is 25.1. The highest BCUT2D eigenvalue weighted by atomic mass is 16.6. The van der Waals surface area contributed by atoms with E-state index in [2.05, 4.69) is 10.3 Å². The Kier molecular flexibility index (Phi) is 5.07. The molecule has 1 amide bonds. The van der Waals surface area contributed by atoms with Gasteiger partial charge in [-0.2, -0.15) is 0 Å². The highest BCUT2D eigenvalue weighted by Crippen LogP contribution is 2.35. The standard InChI is InChI=1S/C26H20N2O3/c29-25(28-22-10-4-8-19-9-5-13-27-26(19)22)17-21(18-6-2-1-3-7-18)20-11-12-23-24(16-20)31-15-14-30-23/h1-13,16-17H,14-15H2,(H,28,29)/b21-17-. The molecule has 4 aromatic rings. The predicted molar refractivity (Wildman–Crippen MR) is 121 cm³/mol. The van der Waals surface area contributed by atoms with Crippen molar-refractivity contribution >= 4 is 28.1 Å². The van der Waals surface area contributed by atoms with Crippen LogP contribution < -0.4 is 14.8 Å². The van der Waals surface area contributed by atoms with Crippen molar-refractivity contribution in [2.24, 2.45) is 0 Å². The van der Waals surface area contributed by atoms with Crippen LogP contribution in [0.3, 0.4) is 0 Å². The predicted octanol–water partition coefficient (Wildman–Crippen LogP) is 5.08. The Hall–Kier alpha value is -4.12. The molecule has 0 bridgehead atoms. The van der Waals surface area contributed by atoms with Crippen LogP contribution in [0.5, 0.6) is 11.5 Å². The van der Waals surface area contributed by atoms with Gasteiger partial charge in [0.2, 0.25) is 5.91 Å². The smallest absolute Gasteiger partial charge is 0.249 e. The number of hydrogen-bond donors (Lipinski definition) is 1. The molecule has 0 unspecified atom stereocenters. The summed E-state index contributed by atoms with van der Waals surface area (Å²) in [6.07, 6.45) is 3.33. The molecule has 0 saturated carbocycles. The number of benzene rings is 3. The number of rotatable bonds is 4. The number of carbonyl (C=O) groups excluding carboxylic acids is 1. The zero-order valence-corrected chi connectivity index (χ0v) is 16.7. The van der Waals surface area contributed by atoms with E-state index in [-0.39, 0.29) is 5.91 Å². The van der Waals surface area contributed by atoms with Crippen molar-refractivity contribution in [3.63, 3.8) is 0 Å². The van der Waals surface area contributed by atoms with E-state index in [0.717, 1.165) is 27.6 Å². The van der Waals surface area contributed by atoms with Crippen molar-refractivity contribution in [3.05, 3.63) is 102 Å². The number of para-hydroxylation sites is 1. The first kappa shape index (κ1) is 18.9. The van der Waals surface area contributed by atoms with Gasteiger partial charge >= 0.3 is 0 Å². The fraction of sp³-hybridized carbons (Fsp3) is 0.0769. The Balaban J connectivity index is 1.53. The molecule has 2 heterocycles. The molecule has 0 fully saturated rings. The zero-order chi connectivity index (χ0) is 21.0. The maximum absolute atomic E-state index is 13.0. The minimum atomic E-state index is -0.230. The third-order valence-electron chi connectivity index (χ3n) is 5.10. The molecular formula is C26H20N2O3. The lowest BCUT2D eigenvalue weighted by atomic mass is 9.97. The quantitative estimate of drug-likeness (QED) is 0.479. The van der Waals surface area contributed by atoms with Crippen LogP contribution in [0.25, 0.3) is 16.5 Å². The number of fused-ring (bicyclic) bond motifs is 2. The molecule has 152 valence electrons. The summed E-state index contributed by atoms with van der Waals surface area (Å²) in [5.41, 5.74) is 4.04. The second kappa shape index (κ2) is 8.32. The molecule has 0 radical (unpaired) electrons. The summed E-state index contributed by atoms with van der Waals surface area (Å²) in [5, 5.41) is 3.96. The van der Waals surface area contributed by atoms with Gasteiger partial charge in [-0.3, -0.25) is 9.78 Å². The van der Waals surface area contributed by atoms with Crippen molar-refractivity contribution in [2.45, 2.75) is 0 Å². The van der Waals surface area contributed by atoms with Gasteiger partial charge in [-0.25, -0.2) is 0 Å². The van der Waals surface area contributed by atoms with Crippen molar-refractivity contribution in [3.8, 4) is 11.5 Å². The molecule has 5 heteroatoms. The molecule has 1 aliphatic heterocycles. The van der Waals surface area contributed by atoms with Crippen LogP contribution in [-0.2, 0) is 4.79 Å². The van der Waals surface area contributed by atoms with Crippen molar-refractivity contribution in [2.75, 3.05) is 18.5 Å². The highest BCUT2D eigenvalue weighted by molar-refractivity contribution is 6.09. The van der Waals surface area contributed by atoms with E-state index in [4.69, 9.17) is 9.47 Å². The van der Waals surface area contributed by atoms with Gasteiger partial charge in [0, 0.05) is 17.7 Å². The van der Waals surface area contributed by atoms with Crippen LogP contribution in [0.4, 0.5) is 5.69 Å². The number of ether oxygens (including phenoxy) is 2. The molecule has 0 spiro atoms. The van der Waals surface area contributed by atoms with Gasteiger partial charge < -0.3 is 14.8 Å². The first-order valence-electron chi connectivity index (χ1n) is 10.1. The number of pyridine rings is 1. The number of anilines is 1. The summed E-state index contributed by atoms with van der Waals surface area (Å²) in [6.45, 7) is 1.05. The minimum absolute atomic E-state index is 0.230. The average Bonchev–Trinajstić information content (AvgIpc) is 2.83. The molecule has 1 N–H and O–H groups in total. The van der Waals surface area contributed by atoms with Gasteiger partial charge in [0.1, 0.15) is 13.2 Å². The van der Waals surface area contributed by atoms with Gasteiger partial charge in [0.05, 0.1) is 11.2 Å². The van der Waals surface area contributed by atoms with E-state index in [1.54, 1.807) is 12.3 Å². The van der Waals surface area contributed by atoms with E-state index in [9.17, 15) is 4.79 Å². The largest absolute Gasteiger partial charge is 0.486 e. The minimum Gasteiger partial charge on any atom is -0.486 e. The Bertz CT molecular complexity index is 1280. The maximum Gasteiger partial charge on any atom is 0.249 e. The van der Waals surface area contributed by atoms with Crippen LogP contribution in [0.15, 0.2) is 91.1 Å². The zero-order valence-electron chi connectivity index (χ0n) is 16.7. The summed E-state index contributed by atoms with van der Waals surface area (Å²) in [4.78, 5) is 17.4. The van der Waals surface area contributed by atoms with Crippen LogP contribution in [0, 0.1) is 0 Å². The number of aromatic nitrogens is 1. The third-order valence-corrected chi connectivity index (χ3v) is 5.10. The van der Waals surface area contributed by atoms with Gasteiger partial charge in [0.25, 0.3) is 0 Å². The summed E-state index contributed by atoms with van der Waals surface area (Å²) < 4.78 is 11.4. The molecule has 0 atom stereocenters. The molecule has 31 heavy (non-hydrogen) atoms. The van der Waals surface area contributed by atoms with Crippen LogP contribution >= 0.6 is 0 Å². The number of nitrogens with one attached hydrogen (secondary N) is 1. The molecule has 3 aromatic carbocycles. The van der Waals surface area contributed by atoms with Crippen LogP contribution in [0.2, 0.25) is 0 Å². The van der Waals surface area contributed by atoms with E-state index in [1.165, 1.54) is 0 Å². The summed E-state index contributed by atoms with van der Waals surface area (Å²) in [7, 11) is 0. The van der Waals surface area contributed by atoms with Gasteiger partial charge in [-0.15, -0.1) is 0 Å². The SMILES string of the molecule is O=C(/C=C(/c1ccccc1)c1ccc2c(c1)OCCO2)Nc1cccc2cccnc12. The van der Waals surface area contributed by atoms with Gasteiger partial charge in [0.15, 0.2) is 11.5 Å². The lowest BCUT2D eigenvalue weighted by molar-refractivity contribution is -0.111. The summed E-state index contributed by atoms with van der Waals surface area (Å²) in [5.74, 6) is 1.17. The summed E-state index contributed by atoms with van der Waals surface area (Å²) >= 11 is 0. The van der Waals surface area contributed by atoms with E-state index >= 15 is 0 Å².